The van der Waals surface area contributed by atoms with Crippen molar-refractivity contribution in [3.63, 3.8) is 0 Å². The maximum absolute atomic E-state index is 12.3. The number of aryl methyl sites for hydroxylation is 2. The Morgan fingerprint density at radius 1 is 0.913 bits per heavy atom. The molecule has 0 aromatic heterocycles. The predicted molar refractivity (Wildman–Crippen MR) is 98.4 cm³/mol. The van der Waals surface area contributed by atoms with Crippen molar-refractivity contribution in [1.29, 1.82) is 0 Å². The van der Waals surface area contributed by atoms with Gasteiger partial charge in [0.05, 0.1) is 0 Å². The highest BCUT2D eigenvalue weighted by molar-refractivity contribution is 5.95. The summed E-state index contributed by atoms with van der Waals surface area (Å²) < 4.78 is 0. The first-order valence-corrected chi connectivity index (χ1v) is 7.86. The van der Waals surface area contributed by atoms with E-state index in [2.05, 4.69) is 34.9 Å². The summed E-state index contributed by atoms with van der Waals surface area (Å²) in [5, 5.41) is 6.07. The highest BCUT2D eigenvalue weighted by Gasteiger charge is 2.10. The molecule has 2 rings (SSSR count). The Hall–Kier alpha value is -1.84. The lowest BCUT2D eigenvalue weighted by Crippen LogP contribution is -2.27. The third-order valence-corrected chi connectivity index (χ3v) is 3.68. The Morgan fingerprint density at radius 3 is 2.35 bits per heavy atom. The largest absolute Gasteiger partial charge is 0.352 e. The number of benzene rings is 2. The van der Waals surface area contributed by atoms with Gasteiger partial charge in [-0.15, -0.1) is 12.4 Å². The van der Waals surface area contributed by atoms with Crippen LogP contribution >= 0.6 is 12.4 Å². The highest BCUT2D eigenvalue weighted by atomic mass is 35.5. The van der Waals surface area contributed by atoms with Crippen LogP contribution in [0, 0.1) is 0 Å². The molecule has 2 aromatic carbocycles. The summed E-state index contributed by atoms with van der Waals surface area (Å²) in [6.45, 7) is 1.61. The van der Waals surface area contributed by atoms with E-state index in [1.54, 1.807) is 0 Å². The van der Waals surface area contributed by atoms with E-state index in [1.807, 2.05) is 37.4 Å². The van der Waals surface area contributed by atoms with Crippen LogP contribution in [0.15, 0.2) is 54.6 Å². The van der Waals surface area contributed by atoms with Crippen molar-refractivity contribution < 1.29 is 4.79 Å². The molecule has 0 fully saturated rings. The van der Waals surface area contributed by atoms with E-state index in [9.17, 15) is 4.79 Å². The molecule has 0 radical (unpaired) electrons. The molecular weight excluding hydrogens is 308 g/mol. The van der Waals surface area contributed by atoms with Crippen LogP contribution in [0.3, 0.4) is 0 Å². The molecular formula is C19H25ClN2O. The van der Waals surface area contributed by atoms with Crippen LogP contribution in [0.2, 0.25) is 0 Å². The molecule has 2 N–H and O–H groups in total. The summed E-state index contributed by atoms with van der Waals surface area (Å²) in [5.41, 5.74) is 3.20. The summed E-state index contributed by atoms with van der Waals surface area (Å²) in [5.74, 6) is 0.0276. The molecule has 4 heteroatoms. The minimum absolute atomic E-state index is 0. The molecule has 0 saturated heterocycles. The molecule has 3 nitrogen and oxygen atoms in total. The molecule has 124 valence electrons. The van der Waals surface area contributed by atoms with E-state index in [4.69, 9.17) is 0 Å². The average molecular weight is 333 g/mol. The van der Waals surface area contributed by atoms with E-state index in [-0.39, 0.29) is 18.3 Å². The zero-order valence-corrected chi connectivity index (χ0v) is 14.4. The lowest BCUT2D eigenvalue weighted by atomic mass is 9.99. The van der Waals surface area contributed by atoms with E-state index < -0.39 is 0 Å². The summed E-state index contributed by atoms with van der Waals surface area (Å²) in [4.78, 5) is 12.3. The smallest absolute Gasteiger partial charge is 0.251 e. The number of nitrogens with one attached hydrogen (secondary N) is 2. The van der Waals surface area contributed by atoms with Crippen molar-refractivity contribution in [1.82, 2.24) is 10.6 Å². The Morgan fingerprint density at radius 2 is 1.61 bits per heavy atom. The van der Waals surface area contributed by atoms with Crippen LogP contribution in [-0.4, -0.2) is 26.0 Å². The van der Waals surface area contributed by atoms with Crippen molar-refractivity contribution in [3.8, 4) is 0 Å². The number of hydrogen-bond donors (Lipinski definition) is 2. The quantitative estimate of drug-likeness (QED) is 0.729. The first-order chi connectivity index (χ1) is 10.8. The molecule has 0 aliphatic heterocycles. The van der Waals surface area contributed by atoms with Gasteiger partial charge in [-0.05, 0) is 50.0 Å². The first kappa shape index (κ1) is 19.2. The monoisotopic (exact) mass is 332 g/mol. The van der Waals surface area contributed by atoms with Gasteiger partial charge in [0.2, 0.25) is 0 Å². The fourth-order valence-electron chi connectivity index (χ4n) is 2.45. The molecule has 0 aliphatic rings. The molecule has 0 saturated carbocycles. The van der Waals surface area contributed by atoms with Gasteiger partial charge in [-0.25, -0.2) is 0 Å². The highest BCUT2D eigenvalue weighted by Crippen LogP contribution is 2.12. The van der Waals surface area contributed by atoms with E-state index in [0.717, 1.165) is 36.9 Å². The third-order valence-electron chi connectivity index (χ3n) is 3.68. The minimum Gasteiger partial charge on any atom is -0.352 e. The van der Waals surface area contributed by atoms with Gasteiger partial charge >= 0.3 is 0 Å². The number of carbonyl (C=O) groups is 1. The maximum Gasteiger partial charge on any atom is 0.251 e. The van der Waals surface area contributed by atoms with Crippen LogP contribution in [0.4, 0.5) is 0 Å². The first-order valence-electron chi connectivity index (χ1n) is 7.86. The topological polar surface area (TPSA) is 41.1 Å². The molecule has 0 bridgehead atoms. The van der Waals surface area contributed by atoms with Crippen LogP contribution in [0.5, 0.6) is 0 Å². The number of carbonyl (C=O) groups excluding carboxylic acids is 1. The maximum atomic E-state index is 12.3. The summed E-state index contributed by atoms with van der Waals surface area (Å²) >= 11 is 0. The lowest BCUT2D eigenvalue weighted by molar-refractivity contribution is 0.0952. The zero-order chi connectivity index (χ0) is 15.6. The standard InChI is InChI=1S/C19H24N2O.ClH/c1-20-14-7-15-21-19(22)18-11-6-5-10-17(18)13-12-16-8-3-2-4-9-16;/h2-6,8-11,20H,7,12-15H2,1H3,(H,21,22);1H. The second kappa shape index (κ2) is 10.8. The van der Waals surface area contributed by atoms with Crippen LogP contribution in [-0.2, 0) is 12.8 Å². The fourth-order valence-corrected chi connectivity index (χ4v) is 2.45. The van der Waals surface area contributed by atoms with Gasteiger partial charge in [-0.1, -0.05) is 48.5 Å². The molecule has 0 heterocycles. The van der Waals surface area contributed by atoms with Crippen LogP contribution in [0.25, 0.3) is 0 Å². The van der Waals surface area contributed by atoms with Crippen molar-refractivity contribution in [2.75, 3.05) is 20.1 Å². The zero-order valence-electron chi connectivity index (χ0n) is 13.5. The molecule has 0 atom stereocenters. The number of amides is 1. The Bertz CT molecular complexity index is 587. The summed E-state index contributed by atoms with van der Waals surface area (Å²) in [6.07, 6.45) is 2.77. The Kier molecular flexibility index (Phi) is 9.03. The molecule has 0 aliphatic carbocycles. The third kappa shape index (κ3) is 6.43. The SMILES string of the molecule is CNCCCNC(=O)c1ccccc1CCc1ccccc1.Cl. The van der Waals surface area contributed by atoms with E-state index in [0.29, 0.717) is 6.54 Å². The Labute approximate surface area is 144 Å². The second-order valence-electron chi connectivity index (χ2n) is 5.36. The molecule has 1 amide bonds. The van der Waals surface area contributed by atoms with Crippen LogP contribution < -0.4 is 10.6 Å². The summed E-state index contributed by atoms with van der Waals surface area (Å²) in [6, 6.07) is 18.3. The lowest BCUT2D eigenvalue weighted by Gasteiger charge is -2.10. The van der Waals surface area contributed by atoms with Crippen molar-refractivity contribution in [2.24, 2.45) is 0 Å². The second-order valence-corrected chi connectivity index (χ2v) is 5.36. The van der Waals surface area contributed by atoms with E-state index >= 15 is 0 Å². The molecule has 0 unspecified atom stereocenters. The van der Waals surface area contributed by atoms with Gasteiger partial charge in [-0.3, -0.25) is 4.79 Å². The normalized spacial score (nSPS) is 9.96. The van der Waals surface area contributed by atoms with Crippen molar-refractivity contribution in [3.05, 3.63) is 71.3 Å². The average Bonchev–Trinajstić information content (AvgIpc) is 2.58. The molecule has 0 spiro atoms. The minimum atomic E-state index is 0. The van der Waals surface area contributed by atoms with Gasteiger partial charge in [0.15, 0.2) is 0 Å². The van der Waals surface area contributed by atoms with Crippen molar-refractivity contribution >= 4 is 18.3 Å². The van der Waals surface area contributed by atoms with E-state index in [1.165, 1.54) is 5.56 Å². The van der Waals surface area contributed by atoms with Crippen LogP contribution in [0.1, 0.15) is 27.9 Å². The number of hydrogen-bond acceptors (Lipinski definition) is 2. The number of rotatable bonds is 8. The van der Waals surface area contributed by atoms with Gasteiger partial charge < -0.3 is 10.6 Å². The van der Waals surface area contributed by atoms with Crippen molar-refractivity contribution in [2.45, 2.75) is 19.3 Å². The molecule has 2 aromatic rings. The molecule has 23 heavy (non-hydrogen) atoms. The summed E-state index contributed by atoms with van der Waals surface area (Å²) in [7, 11) is 1.92. The van der Waals surface area contributed by atoms with Gasteiger partial charge in [0.25, 0.3) is 5.91 Å². The predicted octanol–water partition coefficient (Wildman–Crippen LogP) is 3.23. The Balaban J connectivity index is 0.00000264. The van der Waals surface area contributed by atoms with Gasteiger partial charge in [0.1, 0.15) is 0 Å². The fraction of sp³-hybridized carbons (Fsp3) is 0.316. The van der Waals surface area contributed by atoms with Gasteiger partial charge in [-0.2, -0.15) is 0 Å². The number of halogens is 1. The van der Waals surface area contributed by atoms with Gasteiger partial charge in [0, 0.05) is 12.1 Å².